The number of Topliss-reactive ketones (excluding diaryl/α,β-unsaturated/α-hetero) is 1. The summed E-state index contributed by atoms with van der Waals surface area (Å²) >= 11 is 0. The van der Waals surface area contributed by atoms with E-state index < -0.39 is 0 Å². The molecule has 0 atom stereocenters. The summed E-state index contributed by atoms with van der Waals surface area (Å²) in [6.45, 7) is 4.18. The number of carbonyl (C=O) groups is 1. The van der Waals surface area contributed by atoms with Gasteiger partial charge in [0.25, 0.3) is 0 Å². The van der Waals surface area contributed by atoms with Crippen molar-refractivity contribution in [2.45, 2.75) is 13.8 Å². The van der Waals surface area contributed by atoms with Crippen LogP contribution in [0.3, 0.4) is 0 Å². The van der Waals surface area contributed by atoms with Crippen molar-refractivity contribution in [3.05, 3.63) is 126 Å². The van der Waals surface area contributed by atoms with E-state index in [0.717, 1.165) is 45.2 Å². The monoisotopic (exact) mass is 484 g/mol. The van der Waals surface area contributed by atoms with Crippen LogP contribution < -0.4 is 4.74 Å². The summed E-state index contributed by atoms with van der Waals surface area (Å²) in [5.41, 5.74) is 7.67. The number of hydrogen-bond acceptors (Lipinski definition) is 3. The van der Waals surface area contributed by atoms with E-state index in [0.29, 0.717) is 12.2 Å². The fourth-order valence-electron chi connectivity index (χ4n) is 4.42. The van der Waals surface area contributed by atoms with Gasteiger partial charge in [0.15, 0.2) is 5.78 Å². The van der Waals surface area contributed by atoms with Crippen molar-refractivity contribution in [3.8, 4) is 34.0 Å². The van der Waals surface area contributed by atoms with Gasteiger partial charge < -0.3 is 9.30 Å². The van der Waals surface area contributed by atoms with E-state index in [2.05, 4.69) is 47.0 Å². The highest BCUT2D eigenvalue weighted by atomic mass is 16.5. The van der Waals surface area contributed by atoms with Crippen molar-refractivity contribution in [1.82, 2.24) is 4.57 Å². The summed E-state index contributed by atoms with van der Waals surface area (Å²) in [6, 6.07) is 38.5. The molecule has 0 aliphatic heterocycles. The Labute approximate surface area is 217 Å². The molecule has 182 valence electrons. The van der Waals surface area contributed by atoms with Gasteiger partial charge >= 0.3 is 0 Å². The standard InChI is InChI=1S/C33H28N2O2/c1-3-37-31-19-17-30(18-20-31)35-32(25-11-6-4-7-12-25)22-28(33(35)26-13-8-5-9-14-26)23-34-29-16-10-15-27(21-29)24(2)36/h4-23H,3H2,1-2H3. The summed E-state index contributed by atoms with van der Waals surface area (Å²) in [4.78, 5) is 16.6. The molecule has 0 radical (unpaired) electrons. The normalized spacial score (nSPS) is 11.1. The van der Waals surface area contributed by atoms with Crippen LogP contribution in [0.4, 0.5) is 5.69 Å². The zero-order valence-corrected chi connectivity index (χ0v) is 21.0. The van der Waals surface area contributed by atoms with Crippen LogP contribution in [0.25, 0.3) is 28.2 Å². The predicted octanol–water partition coefficient (Wildman–Crippen LogP) is 8.16. The number of hydrogen-bond donors (Lipinski definition) is 0. The number of benzene rings is 4. The Balaban J connectivity index is 1.72. The lowest BCUT2D eigenvalue weighted by atomic mass is 10.1. The van der Waals surface area contributed by atoms with Crippen LogP contribution >= 0.6 is 0 Å². The van der Waals surface area contributed by atoms with Crippen LogP contribution in [0.2, 0.25) is 0 Å². The summed E-state index contributed by atoms with van der Waals surface area (Å²) in [5.74, 6) is 0.864. The van der Waals surface area contributed by atoms with E-state index in [4.69, 9.17) is 9.73 Å². The van der Waals surface area contributed by atoms with E-state index in [1.807, 2.05) is 85.9 Å². The second-order valence-electron chi connectivity index (χ2n) is 8.69. The number of carbonyl (C=O) groups excluding carboxylic acids is 1. The molecule has 0 aliphatic carbocycles. The lowest BCUT2D eigenvalue weighted by Gasteiger charge is -2.15. The van der Waals surface area contributed by atoms with Gasteiger partial charge in [0.2, 0.25) is 0 Å². The molecular formula is C33H28N2O2. The van der Waals surface area contributed by atoms with Crippen molar-refractivity contribution in [1.29, 1.82) is 0 Å². The second kappa shape index (κ2) is 10.9. The van der Waals surface area contributed by atoms with Crippen LogP contribution in [-0.4, -0.2) is 23.2 Å². The first-order valence-corrected chi connectivity index (χ1v) is 12.4. The van der Waals surface area contributed by atoms with Crippen molar-refractivity contribution < 1.29 is 9.53 Å². The van der Waals surface area contributed by atoms with Crippen LogP contribution in [0.1, 0.15) is 29.8 Å². The average molecular weight is 485 g/mol. The predicted molar refractivity (Wildman–Crippen MR) is 152 cm³/mol. The number of ether oxygens (including phenoxy) is 1. The van der Waals surface area contributed by atoms with Crippen LogP contribution in [0, 0.1) is 0 Å². The third-order valence-electron chi connectivity index (χ3n) is 6.16. The molecule has 1 heterocycles. The van der Waals surface area contributed by atoms with Gasteiger partial charge in [-0.15, -0.1) is 0 Å². The maximum Gasteiger partial charge on any atom is 0.159 e. The van der Waals surface area contributed by atoms with Crippen LogP contribution in [-0.2, 0) is 0 Å². The molecule has 1 aromatic heterocycles. The molecule has 0 aliphatic rings. The average Bonchev–Trinajstić information content (AvgIpc) is 3.33. The first-order chi connectivity index (χ1) is 18.1. The third-order valence-corrected chi connectivity index (χ3v) is 6.16. The quantitative estimate of drug-likeness (QED) is 0.165. The van der Waals surface area contributed by atoms with Gasteiger partial charge in [-0.3, -0.25) is 9.79 Å². The first-order valence-electron chi connectivity index (χ1n) is 12.4. The van der Waals surface area contributed by atoms with E-state index in [1.165, 1.54) is 0 Å². The lowest BCUT2D eigenvalue weighted by Crippen LogP contribution is -2.01. The fourth-order valence-corrected chi connectivity index (χ4v) is 4.42. The molecule has 0 amide bonds. The highest BCUT2D eigenvalue weighted by Crippen LogP contribution is 2.36. The van der Waals surface area contributed by atoms with Crippen molar-refractivity contribution >= 4 is 17.7 Å². The topological polar surface area (TPSA) is 43.6 Å². The molecule has 0 fully saturated rings. The Morgan fingerprint density at radius 1 is 0.811 bits per heavy atom. The molecule has 5 aromatic rings. The minimum atomic E-state index is 0.0232. The van der Waals surface area contributed by atoms with Gasteiger partial charge in [-0.1, -0.05) is 72.8 Å². The molecule has 0 saturated carbocycles. The molecule has 5 rings (SSSR count). The molecule has 4 nitrogen and oxygen atoms in total. The van der Waals surface area contributed by atoms with Gasteiger partial charge in [-0.25, -0.2) is 0 Å². The Bertz CT molecular complexity index is 1530. The summed E-state index contributed by atoms with van der Waals surface area (Å²) < 4.78 is 7.96. The van der Waals surface area contributed by atoms with E-state index >= 15 is 0 Å². The first kappa shape index (κ1) is 24.0. The smallest absolute Gasteiger partial charge is 0.159 e. The molecule has 0 saturated heterocycles. The molecule has 0 bridgehead atoms. The van der Waals surface area contributed by atoms with Gasteiger partial charge in [0, 0.05) is 23.0 Å². The van der Waals surface area contributed by atoms with Crippen LogP contribution in [0.5, 0.6) is 5.75 Å². The van der Waals surface area contributed by atoms with E-state index in [-0.39, 0.29) is 5.78 Å². The van der Waals surface area contributed by atoms with E-state index in [9.17, 15) is 4.79 Å². The molecule has 4 heteroatoms. The number of rotatable bonds is 8. The van der Waals surface area contributed by atoms with Gasteiger partial charge in [-0.05, 0) is 67.4 Å². The Morgan fingerprint density at radius 2 is 1.49 bits per heavy atom. The Morgan fingerprint density at radius 3 is 2.14 bits per heavy atom. The Hall–Kier alpha value is -4.70. The summed E-state index contributed by atoms with van der Waals surface area (Å²) in [6.07, 6.45) is 1.89. The van der Waals surface area contributed by atoms with Crippen molar-refractivity contribution in [3.63, 3.8) is 0 Å². The van der Waals surface area contributed by atoms with Crippen molar-refractivity contribution in [2.24, 2.45) is 4.99 Å². The largest absolute Gasteiger partial charge is 0.494 e. The number of nitrogens with zero attached hydrogens (tertiary/aromatic N) is 2. The van der Waals surface area contributed by atoms with E-state index in [1.54, 1.807) is 6.92 Å². The second-order valence-corrected chi connectivity index (χ2v) is 8.69. The highest BCUT2D eigenvalue weighted by molar-refractivity contribution is 5.96. The molecule has 0 unspecified atom stereocenters. The zero-order valence-electron chi connectivity index (χ0n) is 21.0. The van der Waals surface area contributed by atoms with Gasteiger partial charge in [-0.2, -0.15) is 0 Å². The molecule has 4 aromatic carbocycles. The molecular weight excluding hydrogens is 456 g/mol. The lowest BCUT2D eigenvalue weighted by molar-refractivity contribution is 0.101. The van der Waals surface area contributed by atoms with Gasteiger partial charge in [0.05, 0.1) is 23.7 Å². The zero-order chi connectivity index (χ0) is 25.6. The van der Waals surface area contributed by atoms with Crippen LogP contribution in [0.15, 0.2) is 120 Å². The molecule has 0 N–H and O–H groups in total. The third kappa shape index (κ3) is 5.29. The minimum absolute atomic E-state index is 0.0232. The van der Waals surface area contributed by atoms with Gasteiger partial charge in [0.1, 0.15) is 5.75 Å². The minimum Gasteiger partial charge on any atom is -0.494 e. The SMILES string of the molecule is CCOc1ccc(-n2c(-c3ccccc3)cc(C=Nc3cccc(C(C)=O)c3)c2-c2ccccc2)cc1. The molecule has 0 spiro atoms. The summed E-state index contributed by atoms with van der Waals surface area (Å²) in [7, 11) is 0. The maximum atomic E-state index is 11.9. The number of ketones is 1. The number of aliphatic imine (C=N–C) groups is 1. The maximum absolute atomic E-state index is 11.9. The highest BCUT2D eigenvalue weighted by Gasteiger charge is 2.18. The number of aromatic nitrogens is 1. The Kier molecular flexibility index (Phi) is 7.09. The summed E-state index contributed by atoms with van der Waals surface area (Å²) in [5, 5.41) is 0. The fraction of sp³-hybridized carbons (Fsp3) is 0.0909. The molecule has 37 heavy (non-hydrogen) atoms. The van der Waals surface area contributed by atoms with Crippen molar-refractivity contribution in [2.75, 3.05) is 6.61 Å².